The van der Waals surface area contributed by atoms with E-state index in [-0.39, 0.29) is 31.5 Å². The fourth-order valence-corrected chi connectivity index (χ4v) is 4.95. The summed E-state index contributed by atoms with van der Waals surface area (Å²) in [7, 11) is 0. The molecule has 0 atom stereocenters. The molecule has 0 bridgehead atoms. The van der Waals surface area contributed by atoms with Gasteiger partial charge in [0.25, 0.3) is 0 Å². The maximum Gasteiger partial charge on any atom is 2.00 e. The van der Waals surface area contributed by atoms with Gasteiger partial charge >= 0.3 is 20.4 Å². The summed E-state index contributed by atoms with van der Waals surface area (Å²) in [6.07, 6.45) is 4.16. The third-order valence-electron chi connectivity index (χ3n) is 8.38. The zero-order chi connectivity index (χ0) is 38.4. The van der Waals surface area contributed by atoms with Crippen LogP contribution in [-0.2, 0) is 33.3 Å². The minimum absolute atomic E-state index is 0. The summed E-state index contributed by atoms with van der Waals surface area (Å²) < 4.78 is 0. The summed E-state index contributed by atoms with van der Waals surface area (Å²) in [6.45, 7) is 16.3. The van der Waals surface area contributed by atoms with Gasteiger partial charge in [-0.05, 0) is 130 Å². The van der Waals surface area contributed by atoms with Crippen molar-refractivity contribution in [3.8, 4) is 23.0 Å². The molecule has 4 rings (SSSR count). The van der Waals surface area contributed by atoms with Crippen molar-refractivity contribution in [3.05, 3.63) is 105 Å². The number of rotatable bonds is 10. The Kier molecular flexibility index (Phi) is 18.5. The summed E-state index contributed by atoms with van der Waals surface area (Å²) in [4.78, 5) is 30.9. The molecule has 52 heavy (non-hydrogen) atoms. The third kappa shape index (κ3) is 12.7. The molecule has 4 aromatic carbocycles. The second kappa shape index (κ2) is 21.4. The molecule has 11 heteroatoms. The van der Waals surface area contributed by atoms with E-state index in [0.717, 1.165) is 42.1 Å². The largest absolute Gasteiger partial charge is 2.00 e. The average Bonchev–Trinajstić information content (AvgIpc) is 3.08. The van der Waals surface area contributed by atoms with Crippen molar-refractivity contribution in [1.82, 2.24) is 0 Å². The minimum atomic E-state index is -1.48. The molecule has 4 aromatic rings. The zero-order valence-corrected chi connectivity index (χ0v) is 32.5. The normalized spacial score (nSPS) is 11.0. The second-order valence-corrected chi connectivity index (χ2v) is 12.1. The Morgan fingerprint density at radius 1 is 0.615 bits per heavy atom. The Morgan fingerprint density at radius 2 is 1.02 bits per heavy atom. The molecule has 10 nitrogen and oxygen atoms in total. The standard InChI is InChI=1S/C23H30N2.2C9H10O4.Pd/c1-7-8-9-23(25-22-13-11-17(3)19(5)15-22)20(6)24-21-12-10-16(2)18(4)14-21;2*1-2-5-3-4-6(10)8(11)7(5)9(12)13;/h10-15H,7-9H2,1-6H3;2*3-4,10-11H,2H2,1H3,(H,12,13);/q;;;+2/p-2. The van der Waals surface area contributed by atoms with Gasteiger partial charge in [-0.3, -0.25) is 9.98 Å². The van der Waals surface area contributed by atoms with Gasteiger partial charge in [0.2, 0.25) is 0 Å². The maximum absolute atomic E-state index is 10.6. The van der Waals surface area contributed by atoms with Crippen LogP contribution in [0.4, 0.5) is 11.4 Å². The SMILES string of the molecule is CCCCC(=Nc1ccc(C)c(C)c1)C(C)=Nc1ccc(C)c(C)c1.CCc1ccc(O)c(O)c1C(=O)[O-].CCc1ccc(O)c(O)c1C(=O)[O-].[Pd+2]. The molecule has 0 aliphatic heterocycles. The fraction of sp³-hybridized carbons (Fsp3) is 0.317. The number of unbranched alkanes of at least 4 members (excludes halogenated alkanes) is 1. The Hall–Kier alpha value is -4.98. The van der Waals surface area contributed by atoms with Crippen molar-refractivity contribution < 1.29 is 60.7 Å². The molecule has 0 amide bonds. The monoisotopic (exact) mass is 802 g/mol. The van der Waals surface area contributed by atoms with Crippen molar-refractivity contribution in [1.29, 1.82) is 0 Å². The van der Waals surface area contributed by atoms with Gasteiger partial charge in [0.15, 0.2) is 23.0 Å². The number of carboxylic acid groups (broad SMARTS) is 2. The van der Waals surface area contributed by atoms with Gasteiger partial charge in [0.05, 0.1) is 34.7 Å². The number of aromatic hydroxyl groups is 4. The van der Waals surface area contributed by atoms with E-state index < -0.39 is 34.9 Å². The van der Waals surface area contributed by atoms with Gasteiger partial charge in [0.1, 0.15) is 0 Å². The van der Waals surface area contributed by atoms with Crippen LogP contribution in [-0.4, -0.2) is 43.8 Å². The van der Waals surface area contributed by atoms with E-state index in [9.17, 15) is 30.0 Å². The van der Waals surface area contributed by atoms with E-state index in [2.05, 4.69) is 77.9 Å². The molecule has 0 spiro atoms. The van der Waals surface area contributed by atoms with Crippen LogP contribution in [0.3, 0.4) is 0 Å². The van der Waals surface area contributed by atoms with Gasteiger partial charge in [-0.1, -0.05) is 51.5 Å². The smallest absolute Gasteiger partial charge is 0.545 e. The number of hydrogen-bond donors (Lipinski definition) is 4. The minimum Gasteiger partial charge on any atom is -0.545 e. The quantitative estimate of drug-likeness (QED) is 0.0749. The van der Waals surface area contributed by atoms with Crippen LogP contribution in [0, 0.1) is 27.7 Å². The number of aliphatic imine (C=N–C) groups is 2. The number of phenolic OH excluding ortho intramolecular Hbond substituents is 2. The average molecular weight is 803 g/mol. The van der Waals surface area contributed by atoms with Crippen molar-refractivity contribution >= 4 is 34.7 Å². The molecular formula is C41H48N2O8Pd. The number of carboxylic acids is 2. The number of carbonyl (C=O) groups is 2. The molecule has 0 unspecified atom stereocenters. The van der Waals surface area contributed by atoms with E-state index in [1.54, 1.807) is 13.8 Å². The van der Waals surface area contributed by atoms with Crippen molar-refractivity contribution in [3.63, 3.8) is 0 Å². The van der Waals surface area contributed by atoms with Crippen LogP contribution in [0.25, 0.3) is 0 Å². The molecule has 0 aromatic heterocycles. The predicted octanol–water partition coefficient (Wildman–Crippen LogP) is 7.02. The van der Waals surface area contributed by atoms with Gasteiger partial charge in [-0.25, -0.2) is 0 Å². The van der Waals surface area contributed by atoms with E-state index in [1.807, 2.05) is 0 Å². The third-order valence-corrected chi connectivity index (χ3v) is 8.38. The van der Waals surface area contributed by atoms with Gasteiger partial charge in [-0.2, -0.15) is 0 Å². The van der Waals surface area contributed by atoms with Crippen molar-refractivity contribution in [2.24, 2.45) is 9.98 Å². The molecule has 0 heterocycles. The summed E-state index contributed by atoms with van der Waals surface area (Å²) in [5.41, 5.74) is 9.49. The van der Waals surface area contributed by atoms with Crippen LogP contribution in [0.2, 0.25) is 0 Å². The summed E-state index contributed by atoms with van der Waals surface area (Å²) in [6, 6.07) is 18.1. The van der Waals surface area contributed by atoms with E-state index in [0.29, 0.717) is 24.0 Å². The van der Waals surface area contributed by atoms with Crippen LogP contribution in [0.1, 0.15) is 101 Å². The van der Waals surface area contributed by atoms with Gasteiger partial charge in [-0.15, -0.1) is 0 Å². The van der Waals surface area contributed by atoms with Gasteiger partial charge < -0.3 is 40.2 Å². The Morgan fingerprint density at radius 3 is 1.37 bits per heavy atom. The number of hydrogen-bond acceptors (Lipinski definition) is 10. The van der Waals surface area contributed by atoms with Crippen LogP contribution in [0.15, 0.2) is 70.6 Å². The van der Waals surface area contributed by atoms with Crippen LogP contribution in [0.5, 0.6) is 23.0 Å². The summed E-state index contributed by atoms with van der Waals surface area (Å²) in [5.74, 6) is -5.11. The Bertz CT molecular complexity index is 1850. The maximum atomic E-state index is 10.6. The number of aromatic carboxylic acids is 2. The Labute approximate surface area is 319 Å². The number of nitrogens with zero attached hydrogens (tertiary/aromatic N) is 2. The molecule has 4 N–H and O–H groups in total. The topological polar surface area (TPSA) is 186 Å². The first kappa shape index (κ1) is 45.0. The molecule has 0 saturated heterocycles. The molecule has 0 fully saturated rings. The first-order valence-corrected chi connectivity index (χ1v) is 16.8. The van der Waals surface area contributed by atoms with Crippen molar-refractivity contribution in [2.45, 2.75) is 87.5 Å². The number of carbonyl (C=O) groups excluding carboxylic acids is 2. The fourth-order valence-electron chi connectivity index (χ4n) is 4.95. The number of benzene rings is 4. The molecule has 280 valence electrons. The molecule has 0 aliphatic rings. The first-order chi connectivity index (χ1) is 24.1. The first-order valence-electron chi connectivity index (χ1n) is 16.8. The van der Waals surface area contributed by atoms with Gasteiger partial charge in [0, 0.05) is 11.1 Å². The zero-order valence-electron chi connectivity index (χ0n) is 30.9. The van der Waals surface area contributed by atoms with Crippen molar-refractivity contribution in [2.75, 3.05) is 0 Å². The van der Waals surface area contributed by atoms with Crippen LogP contribution < -0.4 is 10.2 Å². The molecular weight excluding hydrogens is 755 g/mol. The number of phenols is 4. The molecule has 0 radical (unpaired) electrons. The predicted molar refractivity (Wildman–Crippen MR) is 198 cm³/mol. The molecule has 0 saturated carbocycles. The van der Waals surface area contributed by atoms with E-state index in [1.165, 1.54) is 46.5 Å². The van der Waals surface area contributed by atoms with E-state index in [4.69, 9.17) is 20.2 Å². The Balaban J connectivity index is 0.000000424. The second-order valence-electron chi connectivity index (χ2n) is 12.1. The molecule has 0 aliphatic carbocycles. The number of aryl methyl sites for hydroxylation is 6. The van der Waals surface area contributed by atoms with E-state index >= 15 is 0 Å². The summed E-state index contributed by atoms with van der Waals surface area (Å²) in [5, 5.41) is 57.6. The van der Waals surface area contributed by atoms with Crippen LogP contribution >= 0.6 is 0 Å². The summed E-state index contributed by atoms with van der Waals surface area (Å²) >= 11 is 0.